The number of amides is 1. The van der Waals surface area contributed by atoms with E-state index < -0.39 is 6.10 Å². The summed E-state index contributed by atoms with van der Waals surface area (Å²) in [4.78, 5) is 11.3. The molecule has 0 radical (unpaired) electrons. The molecule has 0 saturated heterocycles. The second-order valence-electron chi connectivity index (χ2n) is 2.99. The van der Waals surface area contributed by atoms with Gasteiger partial charge in [-0.05, 0) is 13.0 Å². The van der Waals surface area contributed by atoms with E-state index in [1.807, 2.05) is 0 Å². The number of carbonyl (C=O) groups is 1. The van der Waals surface area contributed by atoms with Crippen LogP contribution in [-0.2, 0) is 0 Å². The number of hydrogen-bond acceptors (Lipinski definition) is 4. The Hall–Kier alpha value is -1.33. The first-order chi connectivity index (χ1) is 6.63. The van der Waals surface area contributed by atoms with Crippen LogP contribution >= 0.6 is 0 Å². The molecule has 0 aromatic carbocycles. The molecule has 0 spiro atoms. The van der Waals surface area contributed by atoms with Crippen molar-refractivity contribution in [3.8, 4) is 0 Å². The van der Waals surface area contributed by atoms with Gasteiger partial charge in [0.05, 0.1) is 18.3 Å². The maximum atomic E-state index is 11.3. The Morgan fingerprint density at radius 1 is 1.71 bits per heavy atom. The van der Waals surface area contributed by atoms with Gasteiger partial charge in [0, 0.05) is 6.54 Å². The first-order valence-corrected chi connectivity index (χ1v) is 4.25. The standard InChI is InChI=1S/C9H13NO4/c1-6-2-7(5-14-6)9(13)10-3-8(12)4-11/h2,5,8,11-12H,3-4H2,1H3,(H,10,13). The average molecular weight is 199 g/mol. The highest BCUT2D eigenvalue weighted by Gasteiger charge is 2.09. The molecule has 1 aromatic heterocycles. The Labute approximate surface area is 81.4 Å². The minimum Gasteiger partial charge on any atom is -0.469 e. The van der Waals surface area contributed by atoms with Crippen molar-refractivity contribution in [2.75, 3.05) is 13.2 Å². The van der Waals surface area contributed by atoms with Crippen molar-refractivity contribution in [3.63, 3.8) is 0 Å². The van der Waals surface area contributed by atoms with Gasteiger partial charge >= 0.3 is 0 Å². The molecule has 1 rings (SSSR count). The van der Waals surface area contributed by atoms with E-state index in [0.29, 0.717) is 11.3 Å². The van der Waals surface area contributed by atoms with E-state index in [2.05, 4.69) is 5.32 Å². The minimum atomic E-state index is -0.924. The molecule has 1 unspecified atom stereocenters. The number of furan rings is 1. The van der Waals surface area contributed by atoms with Crippen molar-refractivity contribution in [2.45, 2.75) is 13.0 Å². The molecule has 0 aliphatic carbocycles. The van der Waals surface area contributed by atoms with Gasteiger partial charge in [-0.3, -0.25) is 4.79 Å². The van der Waals surface area contributed by atoms with Gasteiger partial charge in [0.15, 0.2) is 0 Å². The zero-order chi connectivity index (χ0) is 10.6. The zero-order valence-corrected chi connectivity index (χ0v) is 7.86. The minimum absolute atomic E-state index is 0.0273. The molecule has 78 valence electrons. The largest absolute Gasteiger partial charge is 0.469 e. The number of aliphatic hydroxyl groups is 2. The Balaban J connectivity index is 2.43. The number of carbonyl (C=O) groups excluding carboxylic acids is 1. The molecule has 0 aliphatic heterocycles. The highest BCUT2D eigenvalue weighted by molar-refractivity contribution is 5.93. The molecule has 1 amide bonds. The van der Waals surface area contributed by atoms with E-state index >= 15 is 0 Å². The van der Waals surface area contributed by atoms with Gasteiger partial charge in [-0.1, -0.05) is 0 Å². The van der Waals surface area contributed by atoms with Crippen molar-refractivity contribution >= 4 is 5.91 Å². The van der Waals surface area contributed by atoms with E-state index in [9.17, 15) is 4.79 Å². The SMILES string of the molecule is Cc1cc(C(=O)NCC(O)CO)co1. The van der Waals surface area contributed by atoms with Gasteiger partial charge in [0.2, 0.25) is 0 Å². The third-order valence-corrected chi connectivity index (χ3v) is 1.70. The van der Waals surface area contributed by atoms with Crippen LogP contribution in [0, 0.1) is 6.92 Å². The van der Waals surface area contributed by atoms with Crippen molar-refractivity contribution in [1.29, 1.82) is 0 Å². The van der Waals surface area contributed by atoms with E-state index in [-0.39, 0.29) is 19.1 Å². The summed E-state index contributed by atoms with van der Waals surface area (Å²) in [5.74, 6) is 0.326. The van der Waals surface area contributed by atoms with Gasteiger partial charge in [-0.15, -0.1) is 0 Å². The number of nitrogens with one attached hydrogen (secondary N) is 1. The molecule has 1 atom stereocenters. The fourth-order valence-electron chi connectivity index (χ4n) is 0.940. The molecule has 0 fully saturated rings. The highest BCUT2D eigenvalue weighted by atomic mass is 16.3. The first kappa shape index (κ1) is 10.7. The van der Waals surface area contributed by atoms with E-state index in [4.69, 9.17) is 14.6 Å². The lowest BCUT2D eigenvalue weighted by Crippen LogP contribution is -2.33. The molecule has 14 heavy (non-hydrogen) atoms. The number of rotatable bonds is 4. The highest BCUT2D eigenvalue weighted by Crippen LogP contribution is 2.05. The molecule has 0 aliphatic rings. The molecule has 0 bridgehead atoms. The third-order valence-electron chi connectivity index (χ3n) is 1.70. The summed E-state index contributed by atoms with van der Waals surface area (Å²) in [6, 6.07) is 1.60. The van der Waals surface area contributed by atoms with Gasteiger partial charge < -0.3 is 19.9 Å². The van der Waals surface area contributed by atoms with Gasteiger partial charge in [0.1, 0.15) is 12.0 Å². The van der Waals surface area contributed by atoms with Crippen molar-refractivity contribution in [3.05, 3.63) is 23.7 Å². The van der Waals surface area contributed by atoms with E-state index in [0.717, 1.165) is 0 Å². The average Bonchev–Trinajstić information content (AvgIpc) is 2.60. The molecule has 1 aromatic rings. The van der Waals surface area contributed by atoms with E-state index in [1.54, 1.807) is 13.0 Å². The van der Waals surface area contributed by atoms with Crippen LogP contribution in [0.4, 0.5) is 0 Å². The monoisotopic (exact) mass is 199 g/mol. The summed E-state index contributed by atoms with van der Waals surface area (Å²) in [6.45, 7) is 1.39. The zero-order valence-electron chi connectivity index (χ0n) is 7.86. The van der Waals surface area contributed by atoms with Crippen LogP contribution in [0.2, 0.25) is 0 Å². The molecule has 5 heteroatoms. The fraction of sp³-hybridized carbons (Fsp3) is 0.444. The summed E-state index contributed by atoms with van der Waals surface area (Å²) in [7, 11) is 0. The smallest absolute Gasteiger partial charge is 0.254 e. The van der Waals surface area contributed by atoms with E-state index in [1.165, 1.54) is 6.26 Å². The maximum Gasteiger partial charge on any atom is 0.254 e. The van der Waals surface area contributed by atoms with Crippen molar-refractivity contribution in [1.82, 2.24) is 5.32 Å². The van der Waals surface area contributed by atoms with Crippen LogP contribution in [0.25, 0.3) is 0 Å². The quantitative estimate of drug-likeness (QED) is 0.620. The Bertz CT molecular complexity index is 308. The molecule has 3 N–H and O–H groups in total. The van der Waals surface area contributed by atoms with Gasteiger partial charge in [0.25, 0.3) is 5.91 Å². The van der Waals surface area contributed by atoms with Crippen LogP contribution in [-0.4, -0.2) is 35.4 Å². The van der Waals surface area contributed by atoms with Crippen LogP contribution < -0.4 is 5.32 Å². The lowest BCUT2D eigenvalue weighted by atomic mass is 10.3. The van der Waals surface area contributed by atoms with Crippen molar-refractivity contribution < 1.29 is 19.4 Å². The lowest BCUT2D eigenvalue weighted by Gasteiger charge is -2.07. The summed E-state index contributed by atoms with van der Waals surface area (Å²) in [6.07, 6.45) is 0.419. The van der Waals surface area contributed by atoms with Gasteiger partial charge in [-0.25, -0.2) is 0 Å². The molecule has 5 nitrogen and oxygen atoms in total. The Kier molecular flexibility index (Phi) is 3.67. The van der Waals surface area contributed by atoms with Crippen LogP contribution in [0.5, 0.6) is 0 Å². The summed E-state index contributed by atoms with van der Waals surface area (Å²) in [5.41, 5.74) is 0.410. The second-order valence-corrected chi connectivity index (χ2v) is 2.99. The second kappa shape index (κ2) is 4.78. The first-order valence-electron chi connectivity index (χ1n) is 4.25. The fourth-order valence-corrected chi connectivity index (χ4v) is 0.940. The molecular weight excluding hydrogens is 186 g/mol. The molecular formula is C9H13NO4. The number of hydrogen-bond donors (Lipinski definition) is 3. The van der Waals surface area contributed by atoms with Crippen molar-refractivity contribution in [2.24, 2.45) is 0 Å². The molecule has 1 heterocycles. The van der Waals surface area contributed by atoms with Crippen LogP contribution in [0.1, 0.15) is 16.1 Å². The predicted molar refractivity (Wildman–Crippen MR) is 48.9 cm³/mol. The third kappa shape index (κ3) is 2.86. The number of aryl methyl sites for hydroxylation is 1. The Morgan fingerprint density at radius 2 is 2.43 bits per heavy atom. The topological polar surface area (TPSA) is 82.7 Å². The molecule has 0 saturated carbocycles. The van der Waals surface area contributed by atoms with Crippen LogP contribution in [0.15, 0.2) is 16.7 Å². The summed E-state index contributed by atoms with van der Waals surface area (Å²) < 4.78 is 4.95. The maximum absolute atomic E-state index is 11.3. The summed E-state index contributed by atoms with van der Waals surface area (Å²) in [5, 5.41) is 19.9. The normalized spacial score (nSPS) is 12.5. The van der Waals surface area contributed by atoms with Gasteiger partial charge in [-0.2, -0.15) is 0 Å². The van der Waals surface area contributed by atoms with Crippen LogP contribution in [0.3, 0.4) is 0 Å². The number of aliphatic hydroxyl groups excluding tert-OH is 2. The predicted octanol–water partition coefficient (Wildman–Crippen LogP) is -0.329. The Morgan fingerprint density at radius 3 is 2.93 bits per heavy atom. The summed E-state index contributed by atoms with van der Waals surface area (Å²) >= 11 is 0. The lowest BCUT2D eigenvalue weighted by molar-refractivity contribution is 0.0801.